The summed E-state index contributed by atoms with van der Waals surface area (Å²) in [6.07, 6.45) is 0. The topological polar surface area (TPSA) is 35.6 Å². The van der Waals surface area contributed by atoms with Crippen molar-refractivity contribution in [1.82, 2.24) is 19.1 Å². The van der Waals surface area contributed by atoms with Crippen molar-refractivity contribution in [1.29, 1.82) is 0 Å². The van der Waals surface area contributed by atoms with Crippen molar-refractivity contribution in [2.24, 2.45) is 0 Å². The molecule has 0 atom stereocenters. The molecule has 0 spiro atoms. The van der Waals surface area contributed by atoms with Crippen LogP contribution in [0.25, 0.3) is 88.9 Å². The number of nitrogens with zero attached hydrogens (tertiary/aromatic N) is 4. The lowest BCUT2D eigenvalue weighted by Gasteiger charge is -2.21. The monoisotopic (exact) mass is 668 g/mol. The Morgan fingerprint density at radius 3 is 2.06 bits per heavy atom. The number of hydrogen-bond acceptors (Lipinski definition) is 3. The van der Waals surface area contributed by atoms with Gasteiger partial charge >= 0.3 is 0 Å². The molecule has 0 fully saturated rings. The summed E-state index contributed by atoms with van der Waals surface area (Å²) in [4.78, 5) is 13.0. The van der Waals surface area contributed by atoms with Crippen LogP contribution in [0.5, 0.6) is 0 Å². The van der Waals surface area contributed by atoms with Gasteiger partial charge in [0, 0.05) is 48.2 Å². The maximum Gasteiger partial charge on any atom is 0.160 e. The van der Waals surface area contributed by atoms with E-state index in [1.807, 2.05) is 11.8 Å². The first-order valence-electron chi connectivity index (χ1n) is 17.2. The highest BCUT2D eigenvalue weighted by atomic mass is 32.2. The molecule has 0 radical (unpaired) electrons. The molecule has 1 aliphatic rings. The Morgan fingerprint density at radius 2 is 1.16 bits per heavy atom. The summed E-state index contributed by atoms with van der Waals surface area (Å²) in [7, 11) is 0. The molecule has 5 heteroatoms. The van der Waals surface area contributed by atoms with Crippen molar-refractivity contribution in [3.8, 4) is 45.1 Å². The maximum absolute atomic E-state index is 5.33. The van der Waals surface area contributed by atoms with Crippen molar-refractivity contribution in [2.75, 3.05) is 0 Å². The number of fused-ring (bicyclic) bond motifs is 8. The van der Waals surface area contributed by atoms with Gasteiger partial charge < -0.3 is 0 Å². The first-order chi connectivity index (χ1) is 25.3. The first kappa shape index (κ1) is 28.4. The molecule has 0 N–H and O–H groups in total. The van der Waals surface area contributed by atoms with Crippen LogP contribution in [0.1, 0.15) is 0 Å². The van der Waals surface area contributed by atoms with Gasteiger partial charge in [0.15, 0.2) is 5.82 Å². The van der Waals surface area contributed by atoms with E-state index in [2.05, 4.69) is 179 Å². The molecule has 238 valence electrons. The second-order valence-electron chi connectivity index (χ2n) is 13.0. The Labute approximate surface area is 298 Å². The normalized spacial score (nSPS) is 12.2. The molecule has 4 heterocycles. The highest BCUT2D eigenvalue weighted by molar-refractivity contribution is 7.99. The number of hydrogen-bond donors (Lipinski definition) is 0. The third-order valence-corrected chi connectivity index (χ3v) is 11.2. The van der Waals surface area contributed by atoms with Crippen LogP contribution in [0.3, 0.4) is 0 Å². The Kier molecular flexibility index (Phi) is 6.15. The zero-order valence-corrected chi connectivity index (χ0v) is 28.2. The third kappa shape index (κ3) is 4.28. The molecular weight excluding hydrogens is 641 g/mol. The fourth-order valence-electron chi connectivity index (χ4n) is 7.86. The number of para-hydroxylation sites is 4. The van der Waals surface area contributed by atoms with Gasteiger partial charge in [0.2, 0.25) is 0 Å². The summed E-state index contributed by atoms with van der Waals surface area (Å²) in [5.74, 6) is 0.707. The van der Waals surface area contributed by atoms with Crippen molar-refractivity contribution >= 4 is 55.5 Å². The summed E-state index contributed by atoms with van der Waals surface area (Å²) >= 11 is 1.85. The van der Waals surface area contributed by atoms with E-state index in [1.54, 1.807) is 0 Å². The van der Waals surface area contributed by atoms with E-state index >= 15 is 0 Å². The summed E-state index contributed by atoms with van der Waals surface area (Å²) in [6, 6.07) is 60.4. The zero-order valence-electron chi connectivity index (χ0n) is 27.4. The Bertz CT molecular complexity index is 2990. The van der Waals surface area contributed by atoms with Gasteiger partial charge in [-0.05, 0) is 59.7 Å². The fourth-order valence-corrected chi connectivity index (χ4v) is 8.95. The number of rotatable bonds is 4. The van der Waals surface area contributed by atoms with E-state index in [0.717, 1.165) is 44.5 Å². The molecule has 0 bridgehead atoms. The quantitative estimate of drug-likeness (QED) is 0.187. The molecule has 7 aromatic carbocycles. The van der Waals surface area contributed by atoms with E-state index in [1.165, 1.54) is 48.4 Å². The van der Waals surface area contributed by atoms with Gasteiger partial charge in [-0.1, -0.05) is 133 Å². The van der Waals surface area contributed by atoms with Gasteiger partial charge in [0.1, 0.15) is 5.65 Å². The van der Waals surface area contributed by atoms with Gasteiger partial charge in [-0.25, -0.2) is 9.97 Å². The van der Waals surface area contributed by atoms with E-state index in [4.69, 9.17) is 9.97 Å². The second-order valence-corrected chi connectivity index (χ2v) is 14.1. The lowest BCUT2D eigenvalue weighted by atomic mass is 9.99. The molecule has 0 unspecified atom stereocenters. The molecule has 4 nitrogen and oxygen atoms in total. The van der Waals surface area contributed by atoms with Crippen LogP contribution in [0.15, 0.2) is 180 Å². The molecule has 3 aromatic heterocycles. The molecule has 0 saturated carbocycles. The predicted octanol–water partition coefficient (Wildman–Crippen LogP) is 12.1. The summed E-state index contributed by atoms with van der Waals surface area (Å²) < 4.78 is 4.90. The minimum Gasteiger partial charge on any atom is -0.295 e. The van der Waals surface area contributed by atoms with Gasteiger partial charge in [-0.2, -0.15) is 0 Å². The number of benzene rings is 7. The van der Waals surface area contributed by atoms with Crippen LogP contribution in [-0.4, -0.2) is 19.1 Å². The Balaban J connectivity index is 1.19. The zero-order chi connectivity index (χ0) is 33.5. The lowest BCUT2D eigenvalue weighted by Crippen LogP contribution is -2.05. The Morgan fingerprint density at radius 1 is 0.451 bits per heavy atom. The van der Waals surface area contributed by atoms with E-state index in [9.17, 15) is 0 Å². The van der Waals surface area contributed by atoms with Crippen molar-refractivity contribution in [2.45, 2.75) is 9.79 Å². The highest BCUT2D eigenvalue weighted by Gasteiger charge is 2.28. The van der Waals surface area contributed by atoms with Crippen LogP contribution < -0.4 is 0 Å². The molecule has 0 aliphatic carbocycles. The SMILES string of the molecule is c1ccc(-c2cccc(-c3nc(-c4ccc5c6c7cccc8c7n(c6n(-c6ccccc6)c5c4)-c4ccccc4S8)nc4ccccc34)c2)cc1. The average molecular weight is 669 g/mol. The maximum atomic E-state index is 5.33. The van der Waals surface area contributed by atoms with Gasteiger partial charge in [0.05, 0.1) is 27.9 Å². The third-order valence-electron chi connectivity index (χ3n) is 10.1. The first-order valence-corrected chi connectivity index (χ1v) is 18.0. The van der Waals surface area contributed by atoms with E-state index < -0.39 is 0 Å². The molecule has 11 rings (SSSR count). The highest BCUT2D eigenvalue weighted by Crippen LogP contribution is 2.49. The smallest absolute Gasteiger partial charge is 0.160 e. The van der Waals surface area contributed by atoms with E-state index in [0.29, 0.717) is 5.82 Å². The lowest BCUT2D eigenvalue weighted by molar-refractivity contribution is 1.03. The van der Waals surface area contributed by atoms with Crippen LogP contribution in [0, 0.1) is 0 Å². The van der Waals surface area contributed by atoms with Gasteiger partial charge in [0.25, 0.3) is 0 Å². The molecule has 51 heavy (non-hydrogen) atoms. The standard InChI is InChI=1S/C46H28N4S/c1-3-13-29(14-4-1)30-15-11-16-31(27-30)43-34-19-7-8-21-37(34)47-45(48-43)32-25-26-35-39(28-32)49(33-17-5-2-6-18-33)46-42(35)36-20-12-24-41-44(36)50(46)38-22-9-10-23-40(38)51-41/h1-28H. The van der Waals surface area contributed by atoms with E-state index in [-0.39, 0.29) is 0 Å². The fraction of sp³-hybridized carbons (Fsp3) is 0. The second kappa shape index (κ2) is 11.0. The van der Waals surface area contributed by atoms with Crippen LogP contribution >= 0.6 is 11.8 Å². The van der Waals surface area contributed by atoms with Gasteiger partial charge in [-0.3, -0.25) is 9.13 Å². The van der Waals surface area contributed by atoms with Crippen LogP contribution in [0.4, 0.5) is 0 Å². The average Bonchev–Trinajstić information content (AvgIpc) is 3.72. The van der Waals surface area contributed by atoms with Crippen molar-refractivity contribution < 1.29 is 0 Å². The van der Waals surface area contributed by atoms with Crippen molar-refractivity contribution in [3.63, 3.8) is 0 Å². The molecule has 1 aliphatic heterocycles. The van der Waals surface area contributed by atoms with Gasteiger partial charge in [-0.15, -0.1) is 0 Å². The Hall–Kier alpha value is -6.43. The predicted molar refractivity (Wildman–Crippen MR) is 211 cm³/mol. The summed E-state index contributed by atoms with van der Waals surface area (Å²) in [5.41, 5.74) is 12.1. The van der Waals surface area contributed by atoms with Crippen molar-refractivity contribution in [3.05, 3.63) is 170 Å². The molecule has 0 amide bonds. The molecule has 10 aromatic rings. The molecular formula is C46H28N4S. The minimum atomic E-state index is 0.707. The van der Waals surface area contributed by atoms with Crippen LogP contribution in [-0.2, 0) is 0 Å². The van der Waals surface area contributed by atoms with Crippen LogP contribution in [0.2, 0.25) is 0 Å². The summed E-state index contributed by atoms with van der Waals surface area (Å²) in [6.45, 7) is 0. The summed E-state index contributed by atoms with van der Waals surface area (Å²) in [5, 5.41) is 4.76. The number of aromatic nitrogens is 4. The minimum absolute atomic E-state index is 0.707. The largest absolute Gasteiger partial charge is 0.295 e. The molecule has 0 saturated heterocycles.